The molecular weight excluding hydrogens is 310 g/mol. The normalized spacial score (nSPS) is 10.8. The Bertz CT molecular complexity index is 839. The highest BCUT2D eigenvalue weighted by atomic mass is 16.5. The molecule has 0 unspecified atom stereocenters. The van der Waals surface area contributed by atoms with E-state index in [9.17, 15) is 4.79 Å². The number of rotatable bonds is 5. The third kappa shape index (κ3) is 3.12. The highest BCUT2D eigenvalue weighted by molar-refractivity contribution is 6.03. The number of nitrogens with zero attached hydrogens (tertiary/aromatic N) is 4. The predicted molar refractivity (Wildman–Crippen MR) is 86.5 cm³/mol. The van der Waals surface area contributed by atoms with Gasteiger partial charge in [-0.1, -0.05) is 19.0 Å². The van der Waals surface area contributed by atoms with E-state index in [-0.39, 0.29) is 17.5 Å². The van der Waals surface area contributed by atoms with Gasteiger partial charge in [0.05, 0.1) is 18.5 Å². The molecule has 0 aliphatic rings. The van der Waals surface area contributed by atoms with Crippen molar-refractivity contribution in [3.05, 3.63) is 48.4 Å². The number of ether oxygens (including phenoxy) is 1. The van der Waals surface area contributed by atoms with E-state index in [4.69, 9.17) is 9.26 Å². The maximum absolute atomic E-state index is 12.4. The molecular formula is C16H17N5O3. The van der Waals surface area contributed by atoms with Crippen LogP contribution in [0.4, 0.5) is 5.69 Å². The lowest BCUT2D eigenvalue weighted by atomic mass is 10.1. The minimum Gasteiger partial charge on any atom is -0.495 e. The quantitative estimate of drug-likeness (QED) is 0.774. The molecule has 3 aromatic rings. The summed E-state index contributed by atoms with van der Waals surface area (Å²) in [4.78, 5) is 12.4. The number of carbonyl (C=O) groups is 1. The first-order valence-corrected chi connectivity index (χ1v) is 7.39. The lowest BCUT2D eigenvalue weighted by Crippen LogP contribution is -2.13. The van der Waals surface area contributed by atoms with E-state index in [1.807, 2.05) is 19.9 Å². The monoisotopic (exact) mass is 327 g/mol. The van der Waals surface area contributed by atoms with Crippen LogP contribution in [0, 0.1) is 0 Å². The number of carbonyl (C=O) groups excluding carboxylic acids is 1. The maximum Gasteiger partial charge on any atom is 0.277 e. The van der Waals surface area contributed by atoms with E-state index in [0.717, 1.165) is 5.69 Å². The zero-order valence-electron chi connectivity index (χ0n) is 13.6. The number of hydrogen-bond donors (Lipinski definition) is 1. The minimum absolute atomic E-state index is 0.158. The fourth-order valence-electron chi connectivity index (χ4n) is 2.14. The summed E-state index contributed by atoms with van der Waals surface area (Å²) in [5.41, 5.74) is 1.53. The molecule has 0 radical (unpaired) electrons. The molecule has 24 heavy (non-hydrogen) atoms. The van der Waals surface area contributed by atoms with Crippen molar-refractivity contribution in [2.45, 2.75) is 19.8 Å². The molecule has 0 aliphatic carbocycles. The predicted octanol–water partition coefficient (Wildman–Crippen LogP) is 2.64. The highest BCUT2D eigenvalue weighted by Crippen LogP contribution is 2.27. The van der Waals surface area contributed by atoms with Crippen LogP contribution in [0.25, 0.3) is 5.69 Å². The van der Waals surface area contributed by atoms with Crippen molar-refractivity contribution in [1.29, 1.82) is 0 Å². The van der Waals surface area contributed by atoms with Crippen molar-refractivity contribution in [1.82, 2.24) is 19.9 Å². The molecule has 2 aromatic heterocycles. The van der Waals surface area contributed by atoms with Gasteiger partial charge in [-0.05, 0) is 18.2 Å². The fraction of sp³-hybridized carbons (Fsp3) is 0.250. The molecule has 0 bridgehead atoms. The zero-order chi connectivity index (χ0) is 17.1. The summed E-state index contributed by atoms with van der Waals surface area (Å²) in [6, 6.07) is 7.00. The highest BCUT2D eigenvalue weighted by Gasteiger charge is 2.16. The van der Waals surface area contributed by atoms with Crippen LogP contribution >= 0.6 is 0 Å². The molecule has 0 spiro atoms. The summed E-state index contributed by atoms with van der Waals surface area (Å²) < 4.78 is 12.2. The number of anilines is 1. The van der Waals surface area contributed by atoms with Crippen molar-refractivity contribution in [2.24, 2.45) is 0 Å². The van der Waals surface area contributed by atoms with Gasteiger partial charge >= 0.3 is 0 Å². The molecule has 0 saturated heterocycles. The molecule has 0 atom stereocenters. The fourth-order valence-corrected chi connectivity index (χ4v) is 2.14. The van der Waals surface area contributed by atoms with E-state index in [0.29, 0.717) is 17.2 Å². The molecule has 8 heteroatoms. The lowest BCUT2D eigenvalue weighted by molar-refractivity contribution is 0.101. The Morgan fingerprint density at radius 2 is 2.00 bits per heavy atom. The van der Waals surface area contributed by atoms with Gasteiger partial charge < -0.3 is 14.6 Å². The van der Waals surface area contributed by atoms with Gasteiger partial charge in [-0.25, -0.2) is 0 Å². The van der Waals surface area contributed by atoms with E-state index < -0.39 is 0 Å². The van der Waals surface area contributed by atoms with Gasteiger partial charge in [0, 0.05) is 12.0 Å². The number of methoxy groups -OCH3 is 1. The third-order valence-corrected chi connectivity index (χ3v) is 3.48. The van der Waals surface area contributed by atoms with Crippen LogP contribution in [0.5, 0.6) is 5.75 Å². The first kappa shape index (κ1) is 15.7. The number of hydrogen-bond acceptors (Lipinski definition) is 6. The number of aromatic nitrogens is 4. The largest absolute Gasteiger partial charge is 0.495 e. The maximum atomic E-state index is 12.4. The topological polar surface area (TPSA) is 95.1 Å². The molecule has 124 valence electrons. The Hall–Kier alpha value is -3.16. The molecule has 8 nitrogen and oxygen atoms in total. The van der Waals surface area contributed by atoms with E-state index in [1.165, 1.54) is 7.11 Å². The summed E-state index contributed by atoms with van der Waals surface area (Å²) in [6.07, 6.45) is 3.14. The first-order valence-electron chi connectivity index (χ1n) is 7.39. The zero-order valence-corrected chi connectivity index (χ0v) is 13.6. The van der Waals surface area contributed by atoms with Crippen LogP contribution in [0.3, 0.4) is 0 Å². The Morgan fingerprint density at radius 3 is 2.62 bits per heavy atom. The Labute approximate surface area is 138 Å². The number of amides is 1. The van der Waals surface area contributed by atoms with Gasteiger partial charge in [-0.3, -0.25) is 9.36 Å². The Balaban J connectivity index is 1.87. The van der Waals surface area contributed by atoms with Crippen molar-refractivity contribution in [3.63, 3.8) is 0 Å². The SMILES string of the molecule is COc1ccc(-n2cnnc2)cc1NC(=O)c1cc(C(C)C)on1. The summed E-state index contributed by atoms with van der Waals surface area (Å²) >= 11 is 0. The van der Waals surface area contributed by atoms with Gasteiger partial charge in [0.1, 0.15) is 24.2 Å². The van der Waals surface area contributed by atoms with Crippen LogP contribution in [0.2, 0.25) is 0 Å². The van der Waals surface area contributed by atoms with Gasteiger partial charge in [0.15, 0.2) is 5.69 Å². The summed E-state index contributed by atoms with van der Waals surface area (Å²) in [5, 5.41) is 14.1. The van der Waals surface area contributed by atoms with Gasteiger partial charge in [-0.15, -0.1) is 10.2 Å². The molecule has 1 N–H and O–H groups in total. The average molecular weight is 327 g/mol. The summed E-state index contributed by atoms with van der Waals surface area (Å²) in [5.74, 6) is 0.980. The second-order valence-electron chi connectivity index (χ2n) is 5.48. The summed E-state index contributed by atoms with van der Waals surface area (Å²) in [7, 11) is 1.54. The number of benzene rings is 1. The number of nitrogens with one attached hydrogen (secondary N) is 1. The third-order valence-electron chi connectivity index (χ3n) is 3.48. The Kier molecular flexibility index (Phi) is 4.28. The van der Waals surface area contributed by atoms with Crippen LogP contribution in [-0.4, -0.2) is 32.9 Å². The summed E-state index contributed by atoms with van der Waals surface area (Å²) in [6.45, 7) is 3.93. The molecule has 3 rings (SSSR count). The van der Waals surface area contributed by atoms with E-state index in [2.05, 4.69) is 20.7 Å². The van der Waals surface area contributed by atoms with Gasteiger partial charge in [0.2, 0.25) is 0 Å². The molecule has 0 saturated carbocycles. The van der Waals surface area contributed by atoms with Crippen molar-refractivity contribution < 1.29 is 14.1 Å². The van der Waals surface area contributed by atoms with Crippen LogP contribution in [-0.2, 0) is 0 Å². The van der Waals surface area contributed by atoms with Gasteiger partial charge in [-0.2, -0.15) is 0 Å². The van der Waals surface area contributed by atoms with E-state index in [1.54, 1.807) is 35.4 Å². The minimum atomic E-state index is -0.371. The molecule has 0 aliphatic heterocycles. The van der Waals surface area contributed by atoms with Crippen LogP contribution in [0.15, 0.2) is 41.4 Å². The average Bonchev–Trinajstić information content (AvgIpc) is 3.26. The lowest BCUT2D eigenvalue weighted by Gasteiger charge is -2.11. The van der Waals surface area contributed by atoms with Crippen molar-refractivity contribution in [3.8, 4) is 11.4 Å². The molecule has 1 aromatic carbocycles. The molecule has 1 amide bonds. The van der Waals surface area contributed by atoms with Crippen LogP contribution in [0.1, 0.15) is 36.0 Å². The first-order chi connectivity index (χ1) is 11.6. The van der Waals surface area contributed by atoms with E-state index >= 15 is 0 Å². The second-order valence-corrected chi connectivity index (χ2v) is 5.48. The Morgan fingerprint density at radius 1 is 1.25 bits per heavy atom. The van der Waals surface area contributed by atoms with Crippen LogP contribution < -0.4 is 10.1 Å². The van der Waals surface area contributed by atoms with Crippen molar-refractivity contribution in [2.75, 3.05) is 12.4 Å². The van der Waals surface area contributed by atoms with Gasteiger partial charge in [0.25, 0.3) is 5.91 Å². The standard InChI is InChI=1S/C16H17N5O3/c1-10(2)15-7-13(20-24-15)16(22)19-12-6-11(4-5-14(12)23-3)21-8-17-18-9-21/h4-10H,1-3H3,(H,19,22). The molecule has 2 heterocycles. The molecule has 0 fully saturated rings. The smallest absolute Gasteiger partial charge is 0.277 e. The van der Waals surface area contributed by atoms with Crippen molar-refractivity contribution >= 4 is 11.6 Å². The second kappa shape index (κ2) is 6.53.